The summed E-state index contributed by atoms with van der Waals surface area (Å²) in [6, 6.07) is 11.1. The van der Waals surface area contributed by atoms with Gasteiger partial charge in [-0.1, -0.05) is 6.07 Å². The molecule has 0 saturated heterocycles. The molecule has 26 heavy (non-hydrogen) atoms. The first-order valence-corrected chi connectivity index (χ1v) is 8.30. The number of amides is 1. The Morgan fingerprint density at radius 2 is 1.92 bits per heavy atom. The summed E-state index contributed by atoms with van der Waals surface area (Å²) in [5.41, 5.74) is 1.78. The molecule has 1 aliphatic heterocycles. The van der Waals surface area contributed by atoms with Gasteiger partial charge in [0.15, 0.2) is 11.5 Å². The highest BCUT2D eigenvalue weighted by atomic mass is 16.7. The molecule has 1 amide bonds. The fourth-order valence-corrected chi connectivity index (χ4v) is 2.60. The van der Waals surface area contributed by atoms with Crippen LogP contribution in [0.4, 0.5) is 5.69 Å². The summed E-state index contributed by atoms with van der Waals surface area (Å²) in [5, 5.41) is 6.10. The summed E-state index contributed by atoms with van der Waals surface area (Å²) in [6.45, 7) is 1.18. The van der Waals surface area contributed by atoms with Crippen LogP contribution in [0.5, 0.6) is 23.0 Å². The standard InChI is InChI=1S/C19H22N2O5/c1-23-14-4-5-15(17(10-14)24-2)20-8-7-19(22)21-11-13-3-6-16-18(9-13)26-12-25-16/h3-6,9-10,20H,7-8,11-12H2,1-2H3,(H,21,22). The third-order valence-corrected chi connectivity index (χ3v) is 4.00. The second-order valence-electron chi connectivity index (χ2n) is 5.71. The fourth-order valence-electron chi connectivity index (χ4n) is 2.60. The second-order valence-corrected chi connectivity index (χ2v) is 5.71. The maximum atomic E-state index is 12.0. The predicted molar refractivity (Wildman–Crippen MR) is 97.1 cm³/mol. The number of hydrogen-bond donors (Lipinski definition) is 2. The van der Waals surface area contributed by atoms with Gasteiger partial charge in [0.1, 0.15) is 11.5 Å². The molecule has 1 aliphatic rings. The Morgan fingerprint density at radius 3 is 2.73 bits per heavy atom. The van der Waals surface area contributed by atoms with Crippen molar-refractivity contribution in [3.8, 4) is 23.0 Å². The second kappa shape index (κ2) is 8.33. The number of hydrogen-bond acceptors (Lipinski definition) is 6. The summed E-state index contributed by atoms with van der Waals surface area (Å²) < 4.78 is 21.1. The number of rotatable bonds is 8. The molecule has 0 bridgehead atoms. The van der Waals surface area contributed by atoms with Crippen molar-refractivity contribution < 1.29 is 23.7 Å². The molecule has 0 unspecified atom stereocenters. The highest BCUT2D eigenvalue weighted by molar-refractivity contribution is 5.76. The number of nitrogens with one attached hydrogen (secondary N) is 2. The van der Waals surface area contributed by atoms with Gasteiger partial charge in [-0.25, -0.2) is 0 Å². The molecular weight excluding hydrogens is 336 g/mol. The molecule has 138 valence electrons. The van der Waals surface area contributed by atoms with Gasteiger partial charge in [0.2, 0.25) is 12.7 Å². The molecule has 0 aliphatic carbocycles. The minimum atomic E-state index is -0.0392. The third-order valence-electron chi connectivity index (χ3n) is 4.00. The fraction of sp³-hybridized carbons (Fsp3) is 0.316. The number of methoxy groups -OCH3 is 2. The quantitative estimate of drug-likeness (QED) is 0.755. The highest BCUT2D eigenvalue weighted by Gasteiger charge is 2.13. The molecule has 7 heteroatoms. The number of carbonyl (C=O) groups is 1. The lowest BCUT2D eigenvalue weighted by Crippen LogP contribution is -2.24. The summed E-state index contributed by atoms with van der Waals surface area (Å²) in [6.07, 6.45) is 0.347. The molecule has 0 fully saturated rings. The van der Waals surface area contributed by atoms with Gasteiger partial charge in [-0.05, 0) is 29.8 Å². The van der Waals surface area contributed by atoms with E-state index in [9.17, 15) is 4.79 Å². The van der Waals surface area contributed by atoms with E-state index in [4.69, 9.17) is 18.9 Å². The van der Waals surface area contributed by atoms with E-state index < -0.39 is 0 Å². The largest absolute Gasteiger partial charge is 0.497 e. The molecule has 2 N–H and O–H groups in total. The van der Waals surface area contributed by atoms with Crippen LogP contribution in [0.1, 0.15) is 12.0 Å². The third kappa shape index (κ3) is 4.30. The lowest BCUT2D eigenvalue weighted by molar-refractivity contribution is -0.121. The van der Waals surface area contributed by atoms with Crippen LogP contribution >= 0.6 is 0 Å². The van der Waals surface area contributed by atoms with Crippen molar-refractivity contribution in [3.63, 3.8) is 0 Å². The van der Waals surface area contributed by atoms with Crippen LogP contribution in [0.3, 0.4) is 0 Å². The van der Waals surface area contributed by atoms with Crippen LogP contribution in [0, 0.1) is 0 Å². The van der Waals surface area contributed by atoms with E-state index in [0.717, 1.165) is 17.0 Å². The van der Waals surface area contributed by atoms with E-state index in [1.807, 2.05) is 30.3 Å². The van der Waals surface area contributed by atoms with Crippen molar-refractivity contribution in [2.45, 2.75) is 13.0 Å². The molecule has 0 atom stereocenters. The molecule has 0 saturated carbocycles. The Balaban J connectivity index is 1.44. The van der Waals surface area contributed by atoms with Gasteiger partial charge in [0.05, 0.1) is 19.9 Å². The molecular formula is C19H22N2O5. The minimum absolute atomic E-state index is 0.0392. The summed E-state index contributed by atoms with van der Waals surface area (Å²) in [5.74, 6) is 2.80. The van der Waals surface area contributed by atoms with E-state index in [-0.39, 0.29) is 12.7 Å². The molecule has 1 heterocycles. The number of carbonyl (C=O) groups excluding carboxylic acids is 1. The molecule has 0 spiro atoms. The Labute approximate surface area is 152 Å². The van der Waals surface area contributed by atoms with Crippen molar-refractivity contribution in [1.29, 1.82) is 0 Å². The van der Waals surface area contributed by atoms with E-state index in [1.54, 1.807) is 20.3 Å². The highest BCUT2D eigenvalue weighted by Crippen LogP contribution is 2.32. The number of benzene rings is 2. The summed E-state index contributed by atoms with van der Waals surface area (Å²) >= 11 is 0. The first-order chi connectivity index (χ1) is 12.7. The Kier molecular flexibility index (Phi) is 5.68. The van der Waals surface area contributed by atoms with Crippen LogP contribution < -0.4 is 29.6 Å². The van der Waals surface area contributed by atoms with Crippen molar-refractivity contribution in [2.24, 2.45) is 0 Å². The average molecular weight is 358 g/mol. The Morgan fingerprint density at radius 1 is 1.08 bits per heavy atom. The molecule has 7 nitrogen and oxygen atoms in total. The van der Waals surface area contributed by atoms with Gasteiger partial charge in [-0.2, -0.15) is 0 Å². The van der Waals surface area contributed by atoms with Crippen LogP contribution in [-0.2, 0) is 11.3 Å². The van der Waals surface area contributed by atoms with Crippen molar-refractivity contribution in [3.05, 3.63) is 42.0 Å². The first-order valence-electron chi connectivity index (χ1n) is 8.30. The van der Waals surface area contributed by atoms with Gasteiger partial charge < -0.3 is 29.6 Å². The number of fused-ring (bicyclic) bond motifs is 1. The Hall–Kier alpha value is -3.09. The lowest BCUT2D eigenvalue weighted by atomic mass is 10.2. The Bertz CT molecular complexity index is 779. The average Bonchev–Trinajstić information content (AvgIpc) is 3.14. The summed E-state index contributed by atoms with van der Waals surface area (Å²) in [7, 11) is 3.20. The van der Waals surface area contributed by atoms with Gasteiger partial charge in [0.25, 0.3) is 0 Å². The maximum Gasteiger partial charge on any atom is 0.231 e. The number of ether oxygens (including phenoxy) is 4. The van der Waals surface area contributed by atoms with Gasteiger partial charge in [0, 0.05) is 25.6 Å². The smallest absolute Gasteiger partial charge is 0.231 e. The zero-order chi connectivity index (χ0) is 18.4. The normalized spacial score (nSPS) is 11.8. The van der Waals surface area contributed by atoms with Crippen LogP contribution in [0.2, 0.25) is 0 Å². The zero-order valence-corrected chi connectivity index (χ0v) is 14.8. The van der Waals surface area contributed by atoms with Crippen LogP contribution in [0.15, 0.2) is 36.4 Å². The zero-order valence-electron chi connectivity index (χ0n) is 14.8. The maximum absolute atomic E-state index is 12.0. The SMILES string of the molecule is COc1ccc(NCCC(=O)NCc2ccc3c(c2)OCO3)c(OC)c1. The molecule has 0 aromatic heterocycles. The molecule has 2 aromatic rings. The molecule has 2 aromatic carbocycles. The van der Waals surface area contributed by atoms with Crippen molar-refractivity contribution in [1.82, 2.24) is 5.32 Å². The van der Waals surface area contributed by atoms with E-state index in [2.05, 4.69) is 10.6 Å². The van der Waals surface area contributed by atoms with E-state index in [0.29, 0.717) is 36.8 Å². The van der Waals surface area contributed by atoms with Crippen LogP contribution in [-0.4, -0.2) is 33.5 Å². The first kappa shape index (κ1) is 17.7. The lowest BCUT2D eigenvalue weighted by Gasteiger charge is -2.12. The topological polar surface area (TPSA) is 78.1 Å². The number of anilines is 1. The monoisotopic (exact) mass is 358 g/mol. The van der Waals surface area contributed by atoms with Crippen molar-refractivity contribution in [2.75, 3.05) is 32.9 Å². The minimum Gasteiger partial charge on any atom is -0.497 e. The van der Waals surface area contributed by atoms with Crippen molar-refractivity contribution >= 4 is 11.6 Å². The predicted octanol–water partition coefficient (Wildman–Crippen LogP) is 2.55. The van der Waals surface area contributed by atoms with Gasteiger partial charge in [-0.3, -0.25) is 4.79 Å². The van der Waals surface area contributed by atoms with E-state index in [1.165, 1.54) is 0 Å². The molecule has 3 rings (SSSR count). The summed E-state index contributed by atoms with van der Waals surface area (Å²) in [4.78, 5) is 12.0. The van der Waals surface area contributed by atoms with Gasteiger partial charge in [-0.15, -0.1) is 0 Å². The molecule has 0 radical (unpaired) electrons. The van der Waals surface area contributed by atoms with Gasteiger partial charge >= 0.3 is 0 Å². The van der Waals surface area contributed by atoms with Crippen LogP contribution in [0.25, 0.3) is 0 Å². The van der Waals surface area contributed by atoms with E-state index >= 15 is 0 Å².